The normalized spacial score (nSPS) is 13.6. The first-order chi connectivity index (χ1) is 21.4. The molecule has 0 radical (unpaired) electrons. The summed E-state index contributed by atoms with van der Waals surface area (Å²) in [6, 6.07) is 2.30. The van der Waals surface area contributed by atoms with E-state index in [1.54, 1.807) is 6.20 Å². The van der Waals surface area contributed by atoms with Gasteiger partial charge in [-0.15, -0.1) is 0 Å². The topological polar surface area (TPSA) is 297 Å². The highest BCUT2D eigenvalue weighted by molar-refractivity contribution is 5.94. The zero-order valence-electron chi connectivity index (χ0n) is 24.4. The zero-order chi connectivity index (χ0) is 32.9. The molecular formula is C28H38N10O7. The summed E-state index contributed by atoms with van der Waals surface area (Å²) in [5.74, 6) is -4.89. The number of carbonyl (C=O) groups excluding carboxylic acids is 3. The molecule has 0 aliphatic carbocycles. The SMILES string of the molecule is NC(N)=NCCCC(NC(=O)C(N)CCC(=O)O)C(=O)NC(Cc1cnc[nH]1)C(=O)NC(Cc1c[nH]c2ccccc12)C(=O)O. The number of guanidine groups is 1. The van der Waals surface area contributed by atoms with Gasteiger partial charge >= 0.3 is 11.9 Å². The molecule has 3 aromatic rings. The standard InChI is InChI=1S/C28H38N10O7/c29-18(7-8-23(39)40)24(41)36-20(6-3-9-33-28(30)31)25(42)37-21(11-16-13-32-14-35-16)26(43)38-22(27(44)45)10-15-12-34-19-5-2-1-4-17(15)19/h1-2,4-5,12-14,18,20-22,34H,3,6-11,29H2,(H,32,35)(H,36,41)(H,37,42)(H,38,43)(H,39,40)(H,44,45)(H4,30,31,33). The third-order valence-corrected chi connectivity index (χ3v) is 6.91. The van der Waals surface area contributed by atoms with Gasteiger partial charge in [0.1, 0.15) is 18.1 Å². The molecule has 2 heterocycles. The molecule has 0 aliphatic rings. The van der Waals surface area contributed by atoms with Crippen LogP contribution in [0.4, 0.5) is 0 Å². The Hall–Kier alpha value is -5.45. The number of para-hydroxylation sites is 1. The predicted octanol–water partition coefficient (Wildman–Crippen LogP) is -1.54. The van der Waals surface area contributed by atoms with Crippen molar-refractivity contribution in [1.82, 2.24) is 30.9 Å². The van der Waals surface area contributed by atoms with Crippen LogP contribution in [0.15, 0.2) is 48.0 Å². The van der Waals surface area contributed by atoms with Gasteiger partial charge in [0.15, 0.2) is 5.96 Å². The number of carboxylic acids is 2. The summed E-state index contributed by atoms with van der Waals surface area (Å²) < 4.78 is 0. The van der Waals surface area contributed by atoms with Crippen LogP contribution in [-0.4, -0.2) is 91.5 Å². The molecule has 3 rings (SSSR count). The van der Waals surface area contributed by atoms with Crippen molar-refractivity contribution < 1.29 is 34.2 Å². The Morgan fingerprint density at radius 1 is 0.889 bits per heavy atom. The number of nitrogens with one attached hydrogen (secondary N) is 5. The van der Waals surface area contributed by atoms with Gasteiger partial charge < -0.3 is 53.3 Å². The lowest BCUT2D eigenvalue weighted by molar-refractivity contribution is -0.142. The molecule has 13 N–H and O–H groups in total. The van der Waals surface area contributed by atoms with Gasteiger partial charge in [-0.2, -0.15) is 0 Å². The zero-order valence-corrected chi connectivity index (χ0v) is 24.4. The summed E-state index contributed by atoms with van der Waals surface area (Å²) in [6.07, 6.45) is 4.16. The smallest absolute Gasteiger partial charge is 0.326 e. The number of hydrogen-bond donors (Lipinski definition) is 10. The molecule has 3 amide bonds. The Bertz CT molecular complexity index is 1500. The van der Waals surface area contributed by atoms with Gasteiger partial charge in [0, 0.05) is 54.8 Å². The molecule has 4 unspecified atom stereocenters. The Kier molecular flexibility index (Phi) is 12.4. The van der Waals surface area contributed by atoms with Crippen molar-refractivity contribution >= 4 is 46.5 Å². The molecule has 2 aromatic heterocycles. The number of H-pyrrole nitrogens is 2. The minimum Gasteiger partial charge on any atom is -0.481 e. The Morgan fingerprint density at radius 2 is 1.58 bits per heavy atom. The number of imidazole rings is 1. The molecule has 17 nitrogen and oxygen atoms in total. The van der Waals surface area contributed by atoms with Crippen LogP contribution >= 0.6 is 0 Å². The lowest BCUT2D eigenvalue weighted by Crippen LogP contribution is -2.57. The quantitative estimate of drug-likeness (QED) is 0.0438. The summed E-state index contributed by atoms with van der Waals surface area (Å²) in [5, 5.41) is 27.3. The highest BCUT2D eigenvalue weighted by atomic mass is 16.4. The second-order valence-corrected chi connectivity index (χ2v) is 10.4. The summed E-state index contributed by atoms with van der Waals surface area (Å²) in [6.45, 7) is 0.138. The van der Waals surface area contributed by atoms with Crippen molar-refractivity contribution in [3.63, 3.8) is 0 Å². The van der Waals surface area contributed by atoms with E-state index in [0.29, 0.717) is 11.3 Å². The maximum absolute atomic E-state index is 13.5. The van der Waals surface area contributed by atoms with Crippen molar-refractivity contribution in [3.8, 4) is 0 Å². The molecule has 0 spiro atoms. The van der Waals surface area contributed by atoms with Gasteiger partial charge in [0.05, 0.1) is 12.4 Å². The average Bonchev–Trinajstić information content (AvgIpc) is 3.66. The first-order valence-corrected chi connectivity index (χ1v) is 14.1. The number of benzene rings is 1. The molecule has 0 fully saturated rings. The number of aliphatic carboxylic acids is 2. The Balaban J connectivity index is 1.78. The Labute approximate surface area is 257 Å². The van der Waals surface area contributed by atoms with Crippen LogP contribution in [0.1, 0.15) is 36.9 Å². The number of fused-ring (bicyclic) bond motifs is 1. The summed E-state index contributed by atoms with van der Waals surface area (Å²) >= 11 is 0. The first-order valence-electron chi connectivity index (χ1n) is 14.1. The van der Waals surface area contributed by atoms with Crippen LogP contribution in [0, 0.1) is 0 Å². The lowest BCUT2D eigenvalue weighted by atomic mass is 10.0. The van der Waals surface area contributed by atoms with Crippen molar-refractivity contribution in [2.24, 2.45) is 22.2 Å². The summed E-state index contributed by atoms with van der Waals surface area (Å²) in [4.78, 5) is 76.5. The fraction of sp³-hybridized carbons (Fsp3) is 0.393. The van der Waals surface area contributed by atoms with Gasteiger partial charge in [-0.3, -0.25) is 24.2 Å². The largest absolute Gasteiger partial charge is 0.481 e. The lowest BCUT2D eigenvalue weighted by Gasteiger charge is -2.25. The number of aromatic nitrogens is 3. The molecule has 242 valence electrons. The van der Waals surface area contributed by atoms with Crippen molar-refractivity contribution in [2.45, 2.75) is 62.7 Å². The monoisotopic (exact) mass is 626 g/mol. The predicted molar refractivity (Wildman–Crippen MR) is 162 cm³/mol. The molecule has 0 saturated carbocycles. The second-order valence-electron chi connectivity index (χ2n) is 10.4. The summed E-state index contributed by atoms with van der Waals surface area (Å²) in [5.41, 5.74) is 18.5. The number of nitrogens with zero attached hydrogens (tertiary/aromatic N) is 2. The number of aromatic amines is 2. The molecule has 17 heteroatoms. The average molecular weight is 627 g/mol. The van der Waals surface area contributed by atoms with Crippen molar-refractivity contribution in [3.05, 3.63) is 54.2 Å². The van der Waals surface area contributed by atoms with E-state index < -0.39 is 53.8 Å². The number of carboxylic acid groups (broad SMARTS) is 2. The van der Waals surface area contributed by atoms with E-state index in [9.17, 15) is 29.1 Å². The number of carbonyl (C=O) groups is 5. The fourth-order valence-electron chi connectivity index (χ4n) is 4.55. The third-order valence-electron chi connectivity index (χ3n) is 6.91. The summed E-state index contributed by atoms with van der Waals surface area (Å²) in [7, 11) is 0. The van der Waals surface area contributed by atoms with E-state index in [1.807, 2.05) is 24.3 Å². The van der Waals surface area contributed by atoms with Crippen LogP contribution in [0.5, 0.6) is 0 Å². The van der Waals surface area contributed by atoms with Gasteiger partial charge in [0.2, 0.25) is 17.7 Å². The van der Waals surface area contributed by atoms with Crippen LogP contribution in [0.25, 0.3) is 10.9 Å². The minimum atomic E-state index is -1.33. The minimum absolute atomic E-state index is 0.0342. The first kappa shape index (κ1) is 34.0. The molecule has 45 heavy (non-hydrogen) atoms. The van der Waals surface area contributed by atoms with Crippen LogP contribution in [-0.2, 0) is 36.8 Å². The van der Waals surface area contributed by atoms with Crippen molar-refractivity contribution in [1.29, 1.82) is 0 Å². The van der Waals surface area contributed by atoms with E-state index in [1.165, 1.54) is 12.5 Å². The van der Waals surface area contributed by atoms with Crippen LogP contribution in [0.3, 0.4) is 0 Å². The van der Waals surface area contributed by atoms with Gasteiger partial charge in [-0.05, 0) is 30.9 Å². The van der Waals surface area contributed by atoms with Crippen LogP contribution < -0.4 is 33.2 Å². The number of aliphatic imine (C=N–C) groups is 1. The van der Waals surface area contributed by atoms with Gasteiger partial charge in [-0.1, -0.05) is 18.2 Å². The van der Waals surface area contributed by atoms with E-state index in [-0.39, 0.29) is 51.0 Å². The molecule has 0 bridgehead atoms. The van der Waals surface area contributed by atoms with E-state index in [0.717, 1.165) is 10.9 Å². The van der Waals surface area contributed by atoms with E-state index >= 15 is 0 Å². The molecule has 1 aromatic carbocycles. The molecule has 4 atom stereocenters. The third kappa shape index (κ3) is 10.6. The van der Waals surface area contributed by atoms with Gasteiger partial charge in [0.25, 0.3) is 0 Å². The molecular weight excluding hydrogens is 588 g/mol. The highest BCUT2D eigenvalue weighted by Gasteiger charge is 2.31. The molecule has 0 saturated heterocycles. The maximum Gasteiger partial charge on any atom is 0.326 e. The number of nitrogens with two attached hydrogens (primary N) is 3. The molecule has 0 aliphatic heterocycles. The highest BCUT2D eigenvalue weighted by Crippen LogP contribution is 2.19. The fourth-order valence-corrected chi connectivity index (χ4v) is 4.55. The number of hydrogen-bond acceptors (Lipinski definition) is 8. The van der Waals surface area contributed by atoms with E-state index in [4.69, 9.17) is 22.3 Å². The maximum atomic E-state index is 13.5. The van der Waals surface area contributed by atoms with E-state index in [2.05, 4.69) is 35.9 Å². The Morgan fingerprint density at radius 3 is 2.24 bits per heavy atom. The number of rotatable bonds is 18. The van der Waals surface area contributed by atoms with Crippen molar-refractivity contribution in [2.75, 3.05) is 6.54 Å². The number of amides is 3. The second kappa shape index (κ2) is 16.4. The van der Waals surface area contributed by atoms with Gasteiger partial charge in [-0.25, -0.2) is 9.78 Å². The van der Waals surface area contributed by atoms with Crippen LogP contribution in [0.2, 0.25) is 0 Å².